The smallest absolute Gasteiger partial charge is 0.231 e. The highest BCUT2D eigenvalue weighted by molar-refractivity contribution is 7.90. The largest absolute Gasteiger partial charge is 0.454 e. The summed E-state index contributed by atoms with van der Waals surface area (Å²) in [5.41, 5.74) is 0.705. The molecule has 1 aliphatic rings. The van der Waals surface area contributed by atoms with Crippen molar-refractivity contribution in [1.29, 1.82) is 0 Å². The van der Waals surface area contributed by atoms with Gasteiger partial charge in [0.25, 0.3) is 0 Å². The fraction of sp³-hybridized carbons (Fsp3) is 0.500. The van der Waals surface area contributed by atoms with E-state index < -0.39 is 15.9 Å². The Morgan fingerprint density at radius 3 is 2.84 bits per heavy atom. The Balaban J connectivity index is 1.85. The van der Waals surface area contributed by atoms with Gasteiger partial charge in [0.05, 0.1) is 11.9 Å². The molecule has 1 aromatic rings. The number of hydrogen-bond donors (Lipinski definition) is 2. The molecule has 0 bridgehead atoms. The number of aliphatic hydroxyl groups excluding tert-OH is 1. The van der Waals surface area contributed by atoms with Crippen molar-refractivity contribution in [3.05, 3.63) is 23.8 Å². The van der Waals surface area contributed by atoms with Gasteiger partial charge in [0.1, 0.15) is 9.84 Å². The minimum Gasteiger partial charge on any atom is -0.454 e. The van der Waals surface area contributed by atoms with Gasteiger partial charge in [0, 0.05) is 19.3 Å². The second kappa shape index (κ2) is 5.77. The van der Waals surface area contributed by atoms with Gasteiger partial charge >= 0.3 is 0 Å². The number of nitrogens with one attached hydrogen (secondary N) is 1. The molecular weight excluding hydrogens is 270 g/mol. The van der Waals surface area contributed by atoms with Crippen molar-refractivity contribution in [2.75, 3.05) is 31.9 Å². The molecule has 0 amide bonds. The number of rotatable bonds is 6. The number of aliphatic hydroxyl groups is 1. The maximum Gasteiger partial charge on any atom is 0.231 e. The first kappa shape index (κ1) is 14.1. The van der Waals surface area contributed by atoms with Gasteiger partial charge < -0.3 is 19.9 Å². The lowest BCUT2D eigenvalue weighted by Gasteiger charge is -2.12. The van der Waals surface area contributed by atoms with Crippen LogP contribution in [-0.4, -0.2) is 45.4 Å². The molecule has 1 aliphatic heterocycles. The van der Waals surface area contributed by atoms with Gasteiger partial charge in [0.2, 0.25) is 6.79 Å². The van der Waals surface area contributed by atoms with Crippen molar-refractivity contribution in [1.82, 2.24) is 5.32 Å². The SMILES string of the molecule is CS(=O)(=O)CCNCC(O)c1ccc2c(c1)OCO2. The Bertz CT molecular complexity index is 543. The molecule has 0 aromatic heterocycles. The number of benzene rings is 1. The summed E-state index contributed by atoms with van der Waals surface area (Å²) < 4.78 is 32.3. The van der Waals surface area contributed by atoms with Gasteiger partial charge in [-0.05, 0) is 17.7 Å². The first-order valence-corrected chi connectivity index (χ1v) is 7.98. The predicted molar refractivity (Wildman–Crippen MR) is 70.1 cm³/mol. The molecule has 6 nitrogen and oxygen atoms in total. The summed E-state index contributed by atoms with van der Waals surface area (Å²) in [5, 5.41) is 12.9. The highest BCUT2D eigenvalue weighted by Gasteiger charge is 2.16. The molecule has 0 radical (unpaired) electrons. The summed E-state index contributed by atoms with van der Waals surface area (Å²) in [4.78, 5) is 0. The van der Waals surface area contributed by atoms with Crippen LogP contribution >= 0.6 is 0 Å². The molecule has 7 heteroatoms. The lowest BCUT2D eigenvalue weighted by Crippen LogP contribution is -2.26. The van der Waals surface area contributed by atoms with Crippen LogP contribution in [0.25, 0.3) is 0 Å². The van der Waals surface area contributed by atoms with Crippen LogP contribution in [0.3, 0.4) is 0 Å². The van der Waals surface area contributed by atoms with E-state index in [1.54, 1.807) is 18.2 Å². The van der Waals surface area contributed by atoms with Gasteiger partial charge in [-0.1, -0.05) is 6.07 Å². The molecule has 0 aliphatic carbocycles. The molecule has 0 saturated carbocycles. The fourth-order valence-corrected chi connectivity index (χ4v) is 2.25. The molecule has 19 heavy (non-hydrogen) atoms. The quantitative estimate of drug-likeness (QED) is 0.721. The first-order chi connectivity index (χ1) is 8.96. The van der Waals surface area contributed by atoms with Crippen LogP contribution in [0.4, 0.5) is 0 Å². The maximum absolute atomic E-state index is 10.9. The van der Waals surface area contributed by atoms with Crippen LogP contribution < -0.4 is 14.8 Å². The van der Waals surface area contributed by atoms with Gasteiger partial charge in [0.15, 0.2) is 11.5 Å². The van der Waals surface area contributed by atoms with Crippen molar-refractivity contribution in [2.24, 2.45) is 0 Å². The maximum atomic E-state index is 10.9. The Hall–Kier alpha value is -1.31. The van der Waals surface area contributed by atoms with Crippen molar-refractivity contribution >= 4 is 9.84 Å². The minimum atomic E-state index is -2.98. The average Bonchev–Trinajstić information content (AvgIpc) is 2.80. The highest BCUT2D eigenvalue weighted by Crippen LogP contribution is 2.33. The molecule has 106 valence electrons. The van der Waals surface area contributed by atoms with E-state index >= 15 is 0 Å². The fourth-order valence-electron chi connectivity index (χ4n) is 1.73. The van der Waals surface area contributed by atoms with E-state index in [1.165, 1.54) is 6.26 Å². The average molecular weight is 287 g/mol. The van der Waals surface area contributed by atoms with Gasteiger partial charge in [-0.15, -0.1) is 0 Å². The van der Waals surface area contributed by atoms with Crippen molar-refractivity contribution in [2.45, 2.75) is 6.10 Å². The van der Waals surface area contributed by atoms with Crippen LogP contribution in [0.1, 0.15) is 11.7 Å². The first-order valence-electron chi connectivity index (χ1n) is 5.92. The van der Waals surface area contributed by atoms with E-state index in [2.05, 4.69) is 5.32 Å². The third-order valence-electron chi connectivity index (χ3n) is 2.77. The van der Waals surface area contributed by atoms with Crippen LogP contribution in [-0.2, 0) is 9.84 Å². The summed E-state index contributed by atoms with van der Waals surface area (Å²) in [6, 6.07) is 5.24. The number of fused-ring (bicyclic) bond motifs is 1. The zero-order chi connectivity index (χ0) is 13.9. The normalized spacial score (nSPS) is 15.5. The molecule has 0 spiro atoms. The van der Waals surface area contributed by atoms with E-state index in [-0.39, 0.29) is 19.1 Å². The van der Waals surface area contributed by atoms with Gasteiger partial charge in [-0.2, -0.15) is 0 Å². The third kappa shape index (κ3) is 4.09. The molecule has 2 rings (SSSR count). The predicted octanol–water partition coefficient (Wildman–Crippen LogP) is 0.0829. The van der Waals surface area contributed by atoms with Crippen molar-refractivity contribution in [3.8, 4) is 11.5 Å². The molecule has 1 atom stereocenters. The zero-order valence-electron chi connectivity index (χ0n) is 10.6. The highest BCUT2D eigenvalue weighted by atomic mass is 32.2. The zero-order valence-corrected chi connectivity index (χ0v) is 11.4. The summed E-state index contributed by atoms with van der Waals surface area (Å²) >= 11 is 0. The minimum absolute atomic E-state index is 0.0564. The molecule has 1 aromatic carbocycles. The molecule has 0 fully saturated rings. The van der Waals surface area contributed by atoms with E-state index in [1.807, 2.05) is 0 Å². The third-order valence-corrected chi connectivity index (χ3v) is 3.71. The lowest BCUT2D eigenvalue weighted by atomic mass is 10.1. The monoisotopic (exact) mass is 287 g/mol. The number of hydrogen-bond acceptors (Lipinski definition) is 6. The second-order valence-corrected chi connectivity index (χ2v) is 6.72. The summed E-state index contributed by atoms with van der Waals surface area (Å²) in [5.74, 6) is 1.34. The van der Waals surface area contributed by atoms with E-state index in [0.29, 0.717) is 23.6 Å². The lowest BCUT2D eigenvalue weighted by molar-refractivity contribution is 0.170. The summed E-state index contributed by atoms with van der Waals surface area (Å²) in [7, 11) is -2.98. The Labute approximate surface area is 112 Å². The molecular formula is C12H17NO5S. The Kier molecular flexibility index (Phi) is 4.28. The van der Waals surface area contributed by atoms with Crippen molar-refractivity contribution in [3.63, 3.8) is 0 Å². The van der Waals surface area contributed by atoms with E-state index in [9.17, 15) is 13.5 Å². The van der Waals surface area contributed by atoms with Gasteiger partial charge in [-0.25, -0.2) is 8.42 Å². The summed E-state index contributed by atoms with van der Waals surface area (Å²) in [6.45, 7) is 0.803. The Morgan fingerprint density at radius 1 is 1.37 bits per heavy atom. The van der Waals surface area contributed by atoms with Crippen LogP contribution in [0.5, 0.6) is 11.5 Å². The van der Waals surface area contributed by atoms with Crippen LogP contribution in [0, 0.1) is 0 Å². The van der Waals surface area contributed by atoms with E-state index in [4.69, 9.17) is 9.47 Å². The topological polar surface area (TPSA) is 84.9 Å². The molecule has 1 heterocycles. The Morgan fingerprint density at radius 2 is 2.11 bits per heavy atom. The second-order valence-electron chi connectivity index (χ2n) is 4.46. The van der Waals surface area contributed by atoms with Crippen molar-refractivity contribution < 1.29 is 23.0 Å². The standard InChI is InChI=1S/C12H17NO5S/c1-19(15,16)5-4-13-7-10(14)9-2-3-11-12(6-9)18-8-17-11/h2-3,6,10,13-14H,4-5,7-8H2,1H3. The molecule has 0 saturated heterocycles. The van der Waals surface area contributed by atoms with Crippen LogP contribution in [0.15, 0.2) is 18.2 Å². The number of sulfone groups is 1. The van der Waals surface area contributed by atoms with Crippen LogP contribution in [0.2, 0.25) is 0 Å². The number of ether oxygens (including phenoxy) is 2. The van der Waals surface area contributed by atoms with E-state index in [0.717, 1.165) is 0 Å². The molecule has 1 unspecified atom stereocenters. The van der Waals surface area contributed by atoms with Gasteiger partial charge in [-0.3, -0.25) is 0 Å². The summed E-state index contributed by atoms with van der Waals surface area (Å²) in [6.07, 6.45) is 0.470. The molecule has 2 N–H and O–H groups in total.